The molecule has 3 aliphatic rings. The van der Waals surface area contributed by atoms with E-state index in [9.17, 15) is 28.7 Å². The van der Waals surface area contributed by atoms with Crippen LogP contribution in [0.5, 0.6) is 11.5 Å². The number of ether oxygens (including phenoxy) is 1. The number of rotatable bonds is 4. The minimum atomic E-state index is -2.19. The van der Waals surface area contributed by atoms with E-state index in [4.69, 9.17) is 39.5 Å². The first-order chi connectivity index (χ1) is 21.4. The Hall–Kier alpha value is -4.32. The van der Waals surface area contributed by atoms with Gasteiger partial charge in [0.15, 0.2) is 21.2 Å². The molecule has 1 N–H and O–H groups in total. The summed E-state index contributed by atoms with van der Waals surface area (Å²) < 4.78 is 22.6. The van der Waals surface area contributed by atoms with Gasteiger partial charge in [-0.2, -0.15) is 0 Å². The van der Waals surface area contributed by atoms with Crippen LogP contribution in [-0.2, 0) is 16.1 Å². The van der Waals surface area contributed by atoms with Crippen molar-refractivity contribution in [3.63, 3.8) is 0 Å². The number of fused-ring (bicyclic) bond motifs is 4. The van der Waals surface area contributed by atoms with E-state index in [2.05, 4.69) is 0 Å². The van der Waals surface area contributed by atoms with Crippen molar-refractivity contribution in [1.29, 1.82) is 0 Å². The van der Waals surface area contributed by atoms with Crippen molar-refractivity contribution in [1.82, 2.24) is 13.9 Å². The molecule has 10 nitrogen and oxygen atoms in total. The number of imide groups is 1. The lowest BCUT2D eigenvalue weighted by Gasteiger charge is -2.49. The van der Waals surface area contributed by atoms with Crippen molar-refractivity contribution in [3.8, 4) is 17.2 Å². The Labute approximate surface area is 269 Å². The number of para-hydroxylation sites is 1. The van der Waals surface area contributed by atoms with Crippen LogP contribution in [-0.4, -0.2) is 47.7 Å². The highest BCUT2D eigenvalue weighted by Crippen LogP contribution is 2.64. The van der Waals surface area contributed by atoms with E-state index in [1.165, 1.54) is 40.7 Å². The van der Waals surface area contributed by atoms with Gasteiger partial charge in [-0.05, 0) is 59.7 Å². The number of anilines is 1. The van der Waals surface area contributed by atoms with Crippen LogP contribution in [0.2, 0.25) is 5.02 Å². The van der Waals surface area contributed by atoms with Crippen molar-refractivity contribution in [3.05, 3.63) is 116 Å². The molecular weight excluding hydrogens is 650 g/mol. The smallest absolute Gasteiger partial charge is 0.352 e. The molecule has 3 heterocycles. The number of alkyl halides is 2. The Balaban J connectivity index is 1.49. The fourth-order valence-electron chi connectivity index (χ4n) is 6.75. The maximum atomic E-state index is 14.4. The van der Waals surface area contributed by atoms with Gasteiger partial charge in [0.25, 0.3) is 11.8 Å². The minimum absolute atomic E-state index is 0.0343. The molecule has 2 fully saturated rings. The molecule has 2 amide bonds. The molecule has 7 rings (SSSR count). The summed E-state index contributed by atoms with van der Waals surface area (Å²) in [7, 11) is 1.31. The Morgan fingerprint density at radius 2 is 1.62 bits per heavy atom. The van der Waals surface area contributed by atoms with Crippen LogP contribution in [0.15, 0.2) is 88.0 Å². The van der Waals surface area contributed by atoms with E-state index in [-0.39, 0.29) is 40.7 Å². The number of hydrogen-bond donors (Lipinski definition) is 1. The molecule has 1 aromatic heterocycles. The number of amides is 2. The van der Waals surface area contributed by atoms with E-state index in [0.717, 1.165) is 21.6 Å². The van der Waals surface area contributed by atoms with Gasteiger partial charge >= 0.3 is 11.4 Å². The zero-order chi connectivity index (χ0) is 32.0. The summed E-state index contributed by atoms with van der Waals surface area (Å²) in [4.78, 5) is 52.7. The van der Waals surface area contributed by atoms with Crippen LogP contribution in [0.1, 0.15) is 23.9 Å². The normalized spacial score (nSPS) is 25.4. The lowest BCUT2D eigenvalue weighted by Crippen LogP contribution is -2.59. The lowest BCUT2D eigenvalue weighted by atomic mass is 9.64. The Kier molecular flexibility index (Phi) is 6.60. The highest BCUT2D eigenvalue weighted by molar-refractivity contribution is 6.58. The standard InChI is InChI=1S/C31H22Cl3FN4O6/c1-45-23-14-16(13-21(32)25(23)40)24-20-11-12-36-28(43)38(18-5-3-2-4-6-18)29(44)39(36)22(20)15-30(33)26(41)37(27(42)31(24,30)34)19-9-7-17(35)8-10-19/h2-11,13-14,22,24,40H,12,15H2,1H3/t22-,24+,30-,31+/m1/s1. The molecule has 4 atom stereocenters. The second kappa shape index (κ2) is 10.1. The molecule has 2 aliphatic heterocycles. The first-order valence-corrected chi connectivity index (χ1v) is 14.9. The second-order valence-electron chi connectivity index (χ2n) is 11.0. The molecule has 0 unspecified atom stereocenters. The van der Waals surface area contributed by atoms with E-state index >= 15 is 0 Å². The summed E-state index contributed by atoms with van der Waals surface area (Å²) in [5.74, 6) is -3.95. The van der Waals surface area contributed by atoms with Gasteiger partial charge in [0, 0.05) is 12.3 Å². The van der Waals surface area contributed by atoms with Crippen LogP contribution in [0.25, 0.3) is 5.69 Å². The number of aromatic hydroxyl groups is 1. The first kappa shape index (κ1) is 29.4. The van der Waals surface area contributed by atoms with Crippen molar-refractivity contribution in [2.75, 3.05) is 12.0 Å². The summed E-state index contributed by atoms with van der Waals surface area (Å²) in [6.07, 6.45) is 1.33. The molecular formula is C31H22Cl3FN4O6. The SMILES string of the molecule is COc1cc([C@H]2C3=CCn4c(=O)n(-c5ccccc5)c(=O)n4[C@@H]3C[C@@]3(Cl)C(=O)N(c4ccc(F)cc4)C(=O)[C@@]23Cl)cc(Cl)c1O. The number of aromatic nitrogens is 3. The zero-order valence-corrected chi connectivity index (χ0v) is 25.6. The predicted octanol–water partition coefficient (Wildman–Crippen LogP) is 4.50. The molecule has 0 spiro atoms. The number of phenolic OH excluding ortho intramolecular Hbond substituents is 1. The molecule has 0 bridgehead atoms. The fourth-order valence-corrected chi connectivity index (χ4v) is 7.88. The molecule has 1 aliphatic carbocycles. The molecule has 45 heavy (non-hydrogen) atoms. The maximum Gasteiger partial charge on any atom is 0.352 e. The summed E-state index contributed by atoms with van der Waals surface area (Å²) in [5.41, 5.74) is -0.217. The van der Waals surface area contributed by atoms with Gasteiger partial charge in [0.2, 0.25) is 0 Å². The number of nitrogens with zero attached hydrogens (tertiary/aromatic N) is 4. The largest absolute Gasteiger partial charge is 0.503 e. The number of carbonyl (C=O) groups is 2. The monoisotopic (exact) mass is 670 g/mol. The highest BCUT2D eigenvalue weighted by Gasteiger charge is 2.75. The van der Waals surface area contributed by atoms with Crippen molar-refractivity contribution >= 4 is 52.3 Å². The Morgan fingerprint density at radius 1 is 0.933 bits per heavy atom. The van der Waals surface area contributed by atoms with Gasteiger partial charge in [-0.3, -0.25) is 9.59 Å². The van der Waals surface area contributed by atoms with Crippen molar-refractivity contribution < 1.29 is 23.8 Å². The first-order valence-electron chi connectivity index (χ1n) is 13.7. The van der Waals surface area contributed by atoms with Gasteiger partial charge in [0.05, 0.1) is 36.1 Å². The Bertz CT molecular complexity index is 2080. The Morgan fingerprint density at radius 3 is 2.29 bits per heavy atom. The average Bonchev–Trinajstić information content (AvgIpc) is 3.37. The molecule has 14 heteroatoms. The van der Waals surface area contributed by atoms with E-state index < -0.39 is 50.7 Å². The number of halogens is 4. The van der Waals surface area contributed by atoms with Gasteiger partial charge in [-0.1, -0.05) is 35.9 Å². The third-order valence-electron chi connectivity index (χ3n) is 8.78. The lowest BCUT2D eigenvalue weighted by molar-refractivity contribution is -0.122. The van der Waals surface area contributed by atoms with E-state index in [1.807, 2.05) is 0 Å². The molecule has 0 radical (unpaired) electrons. The minimum Gasteiger partial charge on any atom is -0.503 e. The third-order valence-corrected chi connectivity index (χ3v) is 10.5. The molecule has 3 aromatic carbocycles. The van der Waals surface area contributed by atoms with Gasteiger partial charge < -0.3 is 9.84 Å². The highest BCUT2D eigenvalue weighted by atomic mass is 35.5. The van der Waals surface area contributed by atoms with Crippen LogP contribution in [0.4, 0.5) is 10.1 Å². The summed E-state index contributed by atoms with van der Waals surface area (Å²) in [5, 5.41) is 10.4. The van der Waals surface area contributed by atoms with Crippen molar-refractivity contribution in [2.24, 2.45) is 0 Å². The topological polar surface area (TPSA) is 116 Å². The van der Waals surface area contributed by atoms with Gasteiger partial charge in [-0.25, -0.2) is 32.8 Å². The van der Waals surface area contributed by atoms with Gasteiger partial charge in [0.1, 0.15) is 5.82 Å². The molecule has 1 saturated carbocycles. The van der Waals surface area contributed by atoms with E-state index in [1.54, 1.807) is 36.4 Å². The zero-order valence-electron chi connectivity index (χ0n) is 23.3. The predicted molar refractivity (Wildman–Crippen MR) is 164 cm³/mol. The number of benzene rings is 3. The quantitative estimate of drug-likeness (QED) is 0.194. The van der Waals surface area contributed by atoms with Crippen LogP contribution >= 0.6 is 34.8 Å². The maximum absolute atomic E-state index is 14.4. The van der Waals surface area contributed by atoms with Crippen LogP contribution in [0.3, 0.4) is 0 Å². The molecule has 4 aromatic rings. The number of hydrogen-bond acceptors (Lipinski definition) is 6. The summed E-state index contributed by atoms with van der Waals surface area (Å²) in [6.45, 7) is -0.0642. The second-order valence-corrected chi connectivity index (χ2v) is 12.7. The van der Waals surface area contributed by atoms with Crippen LogP contribution in [0, 0.1) is 5.82 Å². The average molecular weight is 672 g/mol. The van der Waals surface area contributed by atoms with Gasteiger partial charge in [-0.15, -0.1) is 23.2 Å². The van der Waals surface area contributed by atoms with Crippen LogP contribution < -0.4 is 21.0 Å². The fraction of sp³-hybridized carbons (Fsp3) is 0.226. The number of phenols is 1. The number of methoxy groups -OCH3 is 1. The third kappa shape index (κ3) is 3.87. The molecule has 230 valence electrons. The van der Waals surface area contributed by atoms with E-state index in [0.29, 0.717) is 11.3 Å². The molecule has 1 saturated heterocycles. The summed E-state index contributed by atoms with van der Waals surface area (Å²) in [6, 6.07) is 14.8. The van der Waals surface area contributed by atoms with Crippen molar-refractivity contribution in [2.45, 2.75) is 34.7 Å². The number of carbonyl (C=O) groups excluding carboxylic acids is 2. The number of allylic oxidation sites excluding steroid dienone is 2. The summed E-state index contributed by atoms with van der Waals surface area (Å²) >= 11 is 21.0.